The van der Waals surface area contributed by atoms with Gasteiger partial charge in [-0.2, -0.15) is 0 Å². The van der Waals surface area contributed by atoms with E-state index in [1.807, 2.05) is 24.3 Å². The van der Waals surface area contributed by atoms with E-state index in [2.05, 4.69) is 60.4 Å². The van der Waals surface area contributed by atoms with Gasteiger partial charge in [-0.05, 0) is 54.3 Å². The third kappa shape index (κ3) is 7.18. The van der Waals surface area contributed by atoms with Gasteiger partial charge < -0.3 is 20.4 Å². The highest BCUT2D eigenvalue weighted by Gasteiger charge is 2.15. The third-order valence-corrected chi connectivity index (χ3v) is 5.97. The Bertz CT molecular complexity index is 893. The highest BCUT2D eigenvalue weighted by Crippen LogP contribution is 2.22. The minimum absolute atomic E-state index is 0.0367. The molecule has 1 aliphatic heterocycles. The van der Waals surface area contributed by atoms with Gasteiger partial charge in [-0.25, -0.2) is 0 Å². The van der Waals surface area contributed by atoms with Gasteiger partial charge in [-0.3, -0.25) is 9.59 Å². The summed E-state index contributed by atoms with van der Waals surface area (Å²) in [6.07, 6.45) is 1.00. The Labute approximate surface area is 192 Å². The van der Waals surface area contributed by atoms with Crippen LogP contribution in [0.5, 0.6) is 0 Å². The van der Waals surface area contributed by atoms with Gasteiger partial charge in [0.15, 0.2) is 0 Å². The monoisotopic (exact) mass is 436 g/mol. The van der Waals surface area contributed by atoms with Crippen LogP contribution >= 0.6 is 0 Å². The Morgan fingerprint density at radius 1 is 0.906 bits per heavy atom. The summed E-state index contributed by atoms with van der Waals surface area (Å²) in [6.45, 7) is 11.9. The van der Waals surface area contributed by atoms with Crippen LogP contribution in [0.4, 0.5) is 5.69 Å². The molecule has 6 nitrogen and oxygen atoms in total. The Morgan fingerprint density at radius 2 is 1.53 bits per heavy atom. The molecule has 1 saturated heterocycles. The number of likely N-dealkylation sites (N-methyl/N-ethyl adjacent to an activating group) is 1. The number of rotatable bonds is 7. The van der Waals surface area contributed by atoms with Gasteiger partial charge in [-0.15, -0.1) is 0 Å². The minimum atomic E-state index is -0.250. The molecule has 0 unspecified atom stereocenters. The van der Waals surface area contributed by atoms with Crippen LogP contribution in [-0.4, -0.2) is 67.9 Å². The number of hydrogen-bond acceptors (Lipinski definition) is 4. The summed E-state index contributed by atoms with van der Waals surface area (Å²) in [6, 6.07) is 15.5. The lowest BCUT2D eigenvalue weighted by Gasteiger charge is -2.32. The van der Waals surface area contributed by atoms with Crippen molar-refractivity contribution in [2.24, 2.45) is 0 Å². The average molecular weight is 437 g/mol. The van der Waals surface area contributed by atoms with Crippen molar-refractivity contribution in [3.8, 4) is 0 Å². The molecule has 6 heteroatoms. The molecule has 0 atom stereocenters. The molecule has 0 radical (unpaired) electrons. The van der Waals surface area contributed by atoms with Crippen molar-refractivity contribution in [2.45, 2.75) is 32.6 Å². The second-order valence-corrected chi connectivity index (χ2v) is 9.65. The van der Waals surface area contributed by atoms with Crippen LogP contribution in [0.1, 0.15) is 42.3 Å². The van der Waals surface area contributed by atoms with E-state index in [-0.39, 0.29) is 23.8 Å². The molecule has 0 saturated carbocycles. The molecule has 2 aromatic carbocycles. The normalized spacial score (nSPS) is 15.4. The summed E-state index contributed by atoms with van der Waals surface area (Å²) in [7, 11) is 2.17. The molecule has 2 N–H and O–H groups in total. The zero-order chi connectivity index (χ0) is 23.1. The van der Waals surface area contributed by atoms with Gasteiger partial charge in [0.2, 0.25) is 5.91 Å². The summed E-state index contributed by atoms with van der Waals surface area (Å²) < 4.78 is 0. The van der Waals surface area contributed by atoms with Crippen LogP contribution < -0.4 is 10.6 Å². The maximum absolute atomic E-state index is 12.3. The van der Waals surface area contributed by atoms with Crippen LogP contribution in [-0.2, 0) is 16.6 Å². The number of amides is 2. The lowest BCUT2D eigenvalue weighted by molar-refractivity contribution is -0.115. The van der Waals surface area contributed by atoms with Crippen LogP contribution in [0.2, 0.25) is 0 Å². The van der Waals surface area contributed by atoms with E-state index < -0.39 is 0 Å². The van der Waals surface area contributed by atoms with Gasteiger partial charge in [0.25, 0.3) is 5.91 Å². The zero-order valence-corrected chi connectivity index (χ0v) is 19.8. The Balaban J connectivity index is 1.41. The molecule has 2 amide bonds. The van der Waals surface area contributed by atoms with Gasteiger partial charge in [-0.1, -0.05) is 45.0 Å². The van der Waals surface area contributed by atoms with Gasteiger partial charge in [0.1, 0.15) is 0 Å². The molecule has 1 heterocycles. The molecule has 0 bridgehead atoms. The fourth-order valence-electron chi connectivity index (χ4n) is 3.70. The fourth-order valence-corrected chi connectivity index (χ4v) is 3.70. The molecule has 1 aliphatic rings. The molecule has 32 heavy (non-hydrogen) atoms. The molecule has 172 valence electrons. The van der Waals surface area contributed by atoms with Gasteiger partial charge >= 0.3 is 0 Å². The SMILES string of the molecule is CN1CCN(CCc2ccc(NC(=O)CNC(=O)c3ccc(C(C)(C)C)cc3)cc2)CC1. The lowest BCUT2D eigenvalue weighted by atomic mass is 9.87. The van der Waals surface area contributed by atoms with Crippen LogP contribution in [0.3, 0.4) is 0 Å². The van der Waals surface area contributed by atoms with E-state index >= 15 is 0 Å². The molecule has 1 fully saturated rings. The highest BCUT2D eigenvalue weighted by atomic mass is 16.2. The molecule has 0 spiro atoms. The maximum atomic E-state index is 12.3. The summed E-state index contributed by atoms with van der Waals surface area (Å²) in [4.78, 5) is 29.4. The molecule has 0 aliphatic carbocycles. The largest absolute Gasteiger partial charge is 0.343 e. The number of nitrogens with one attached hydrogen (secondary N) is 2. The standard InChI is InChI=1S/C26H36N4O2/c1-26(2,3)22-9-7-21(8-10-22)25(32)27-19-24(31)28-23-11-5-20(6-12-23)13-14-30-17-15-29(4)16-18-30/h5-12H,13-19H2,1-4H3,(H,27,32)(H,28,31). The lowest BCUT2D eigenvalue weighted by Crippen LogP contribution is -2.45. The first kappa shape index (κ1) is 24.0. The van der Waals surface area contributed by atoms with Crippen molar-refractivity contribution in [2.75, 3.05) is 51.6 Å². The predicted molar refractivity (Wildman–Crippen MR) is 130 cm³/mol. The molecular weight excluding hydrogens is 400 g/mol. The number of benzene rings is 2. The smallest absolute Gasteiger partial charge is 0.251 e. The second kappa shape index (κ2) is 10.7. The molecule has 2 aromatic rings. The van der Waals surface area contributed by atoms with Crippen LogP contribution in [0, 0.1) is 0 Å². The quantitative estimate of drug-likeness (QED) is 0.700. The number of piperazine rings is 1. The first-order valence-corrected chi connectivity index (χ1v) is 11.4. The summed E-state index contributed by atoms with van der Waals surface area (Å²) in [5, 5.41) is 5.53. The van der Waals surface area contributed by atoms with Crippen molar-refractivity contribution in [3.05, 3.63) is 65.2 Å². The van der Waals surface area contributed by atoms with Crippen molar-refractivity contribution in [3.63, 3.8) is 0 Å². The predicted octanol–water partition coefficient (Wildman–Crippen LogP) is 3.14. The van der Waals surface area contributed by atoms with Crippen molar-refractivity contribution >= 4 is 17.5 Å². The van der Waals surface area contributed by atoms with Crippen LogP contribution in [0.15, 0.2) is 48.5 Å². The molecule has 3 rings (SSSR count). The zero-order valence-electron chi connectivity index (χ0n) is 19.8. The van der Waals surface area contributed by atoms with E-state index in [1.165, 1.54) is 11.1 Å². The van der Waals surface area contributed by atoms with Gasteiger partial charge in [0, 0.05) is 44.0 Å². The number of anilines is 1. The van der Waals surface area contributed by atoms with E-state index in [1.54, 1.807) is 12.1 Å². The van der Waals surface area contributed by atoms with Gasteiger partial charge in [0.05, 0.1) is 6.54 Å². The van der Waals surface area contributed by atoms with E-state index in [0.717, 1.165) is 44.8 Å². The molecule has 0 aromatic heterocycles. The summed E-state index contributed by atoms with van der Waals surface area (Å²) >= 11 is 0. The average Bonchev–Trinajstić information content (AvgIpc) is 2.77. The van der Waals surface area contributed by atoms with Crippen molar-refractivity contribution in [1.82, 2.24) is 15.1 Å². The number of carbonyl (C=O) groups excluding carboxylic acids is 2. The number of carbonyl (C=O) groups is 2. The highest BCUT2D eigenvalue weighted by molar-refractivity contribution is 5.99. The maximum Gasteiger partial charge on any atom is 0.251 e. The summed E-state index contributed by atoms with van der Waals surface area (Å²) in [5.74, 6) is -0.491. The Hall–Kier alpha value is -2.70. The number of hydrogen-bond donors (Lipinski definition) is 2. The van der Waals surface area contributed by atoms with Crippen molar-refractivity contribution < 1.29 is 9.59 Å². The van der Waals surface area contributed by atoms with E-state index in [0.29, 0.717) is 5.56 Å². The summed E-state index contributed by atoms with van der Waals surface area (Å²) in [5.41, 5.74) is 3.75. The second-order valence-electron chi connectivity index (χ2n) is 9.65. The van der Waals surface area contributed by atoms with E-state index in [9.17, 15) is 9.59 Å². The third-order valence-electron chi connectivity index (χ3n) is 5.97. The Morgan fingerprint density at radius 3 is 2.12 bits per heavy atom. The fraction of sp³-hybridized carbons (Fsp3) is 0.462. The first-order valence-electron chi connectivity index (χ1n) is 11.4. The molecular formula is C26H36N4O2. The van der Waals surface area contributed by atoms with Crippen LogP contribution in [0.25, 0.3) is 0 Å². The van der Waals surface area contributed by atoms with E-state index in [4.69, 9.17) is 0 Å². The first-order chi connectivity index (χ1) is 15.2. The topological polar surface area (TPSA) is 64.7 Å². The minimum Gasteiger partial charge on any atom is -0.343 e. The van der Waals surface area contributed by atoms with Crippen molar-refractivity contribution in [1.29, 1.82) is 0 Å². The Kier molecular flexibility index (Phi) is 8.04. The number of nitrogens with zero attached hydrogens (tertiary/aromatic N) is 2.